The second-order valence-electron chi connectivity index (χ2n) is 4.61. The molecule has 1 aromatic heterocycles. The van der Waals surface area contributed by atoms with E-state index in [1.54, 1.807) is 30.3 Å². The predicted molar refractivity (Wildman–Crippen MR) is 84.8 cm³/mol. The first-order chi connectivity index (χ1) is 10.0. The first kappa shape index (κ1) is 13.6. The fraction of sp³-hybridized carbons (Fsp3) is 0. The second kappa shape index (κ2) is 5.21. The molecule has 2 aromatic carbocycles. The molecular weight excluding hydrogens is 337 g/mol. The molecule has 0 aliphatic heterocycles. The summed E-state index contributed by atoms with van der Waals surface area (Å²) in [6.07, 6.45) is 0. The van der Waals surface area contributed by atoms with Crippen LogP contribution < -0.4 is 11.1 Å². The lowest BCUT2D eigenvalue weighted by molar-refractivity contribution is 0.102. The number of rotatable bonds is 2. The van der Waals surface area contributed by atoms with Crippen molar-refractivity contribution in [3.05, 3.63) is 58.4 Å². The molecule has 0 saturated carbocycles. The Morgan fingerprint density at radius 1 is 1.19 bits per heavy atom. The Hall–Kier alpha value is -2.34. The predicted octanol–water partition coefficient (Wildman–Crippen LogP) is 3.90. The summed E-state index contributed by atoms with van der Waals surface area (Å²) in [5.41, 5.74) is 7.57. The Morgan fingerprint density at radius 3 is 2.81 bits per heavy atom. The Bertz CT molecular complexity index is 844. The zero-order chi connectivity index (χ0) is 15.0. The molecule has 1 heterocycles. The lowest BCUT2D eigenvalue weighted by atomic mass is 10.2. The molecule has 106 valence electrons. The third-order valence-corrected chi connectivity index (χ3v) is 3.56. The van der Waals surface area contributed by atoms with Crippen molar-refractivity contribution in [2.75, 3.05) is 11.1 Å². The van der Waals surface area contributed by atoms with E-state index in [2.05, 4.69) is 26.2 Å². The first-order valence-corrected chi connectivity index (χ1v) is 6.97. The molecule has 1 amide bonds. The number of hydrogen-bond acceptors (Lipinski definition) is 2. The minimum atomic E-state index is -0.494. The second-order valence-corrected chi connectivity index (χ2v) is 5.52. The Balaban J connectivity index is 1.91. The van der Waals surface area contributed by atoms with Crippen LogP contribution in [0.3, 0.4) is 0 Å². The number of benzene rings is 2. The van der Waals surface area contributed by atoms with Gasteiger partial charge in [0, 0.05) is 21.1 Å². The van der Waals surface area contributed by atoms with Crippen molar-refractivity contribution in [1.29, 1.82) is 0 Å². The molecule has 0 aliphatic carbocycles. The van der Waals surface area contributed by atoms with E-state index in [0.29, 0.717) is 15.9 Å². The van der Waals surface area contributed by atoms with Gasteiger partial charge in [0.15, 0.2) is 0 Å². The zero-order valence-corrected chi connectivity index (χ0v) is 12.4. The summed E-state index contributed by atoms with van der Waals surface area (Å²) in [6, 6.07) is 11.3. The van der Waals surface area contributed by atoms with Crippen molar-refractivity contribution in [3.8, 4) is 0 Å². The van der Waals surface area contributed by atoms with E-state index in [9.17, 15) is 9.18 Å². The molecule has 3 aromatic rings. The van der Waals surface area contributed by atoms with Gasteiger partial charge in [-0.25, -0.2) is 4.39 Å². The van der Waals surface area contributed by atoms with Crippen molar-refractivity contribution in [1.82, 2.24) is 4.98 Å². The molecule has 3 rings (SSSR count). The minimum Gasteiger partial charge on any atom is -0.399 e. The van der Waals surface area contributed by atoms with E-state index in [-0.39, 0.29) is 5.69 Å². The van der Waals surface area contributed by atoms with Crippen molar-refractivity contribution in [3.63, 3.8) is 0 Å². The van der Waals surface area contributed by atoms with Crippen molar-refractivity contribution in [2.45, 2.75) is 0 Å². The summed E-state index contributed by atoms with van der Waals surface area (Å²) in [7, 11) is 0. The van der Waals surface area contributed by atoms with Crippen LogP contribution >= 0.6 is 15.9 Å². The number of aromatic amines is 1. The Morgan fingerprint density at radius 2 is 2.00 bits per heavy atom. The SMILES string of the molecule is Nc1ccc2[nH]c(C(=O)Nc3cc(Br)ccc3F)cc2c1. The number of aromatic nitrogens is 1. The molecule has 0 saturated heterocycles. The van der Waals surface area contributed by atoms with Crippen LogP contribution in [0, 0.1) is 5.82 Å². The van der Waals surface area contributed by atoms with Gasteiger partial charge in [-0.1, -0.05) is 15.9 Å². The number of nitrogen functional groups attached to an aromatic ring is 1. The van der Waals surface area contributed by atoms with Crippen LogP contribution in [0.5, 0.6) is 0 Å². The van der Waals surface area contributed by atoms with E-state index in [1.807, 2.05) is 0 Å². The van der Waals surface area contributed by atoms with Gasteiger partial charge in [0.25, 0.3) is 5.91 Å². The van der Waals surface area contributed by atoms with Gasteiger partial charge in [-0.2, -0.15) is 0 Å². The highest BCUT2D eigenvalue weighted by Gasteiger charge is 2.12. The number of carbonyl (C=O) groups excluding carboxylic acids is 1. The monoisotopic (exact) mass is 347 g/mol. The maximum atomic E-state index is 13.6. The van der Waals surface area contributed by atoms with Gasteiger partial charge < -0.3 is 16.0 Å². The number of carbonyl (C=O) groups is 1. The molecule has 4 N–H and O–H groups in total. The molecule has 0 unspecified atom stereocenters. The summed E-state index contributed by atoms with van der Waals surface area (Å²) in [5, 5.41) is 3.37. The van der Waals surface area contributed by atoms with Gasteiger partial charge in [-0.15, -0.1) is 0 Å². The molecule has 0 spiro atoms. The average Bonchev–Trinajstić information content (AvgIpc) is 2.86. The quantitative estimate of drug-likeness (QED) is 0.615. The summed E-state index contributed by atoms with van der Waals surface area (Å²) in [4.78, 5) is 15.2. The maximum Gasteiger partial charge on any atom is 0.272 e. The number of hydrogen-bond donors (Lipinski definition) is 3. The Kier molecular flexibility index (Phi) is 3.39. The number of nitrogens with one attached hydrogen (secondary N) is 2. The summed E-state index contributed by atoms with van der Waals surface area (Å²) >= 11 is 3.24. The molecule has 0 radical (unpaired) electrons. The lowest BCUT2D eigenvalue weighted by Crippen LogP contribution is -2.13. The van der Waals surface area contributed by atoms with Gasteiger partial charge in [-0.05, 0) is 42.5 Å². The van der Waals surface area contributed by atoms with Crippen LogP contribution in [-0.2, 0) is 0 Å². The first-order valence-electron chi connectivity index (χ1n) is 6.17. The average molecular weight is 348 g/mol. The van der Waals surface area contributed by atoms with Crippen molar-refractivity contribution in [2.24, 2.45) is 0 Å². The maximum absolute atomic E-state index is 13.6. The van der Waals surface area contributed by atoms with Crippen molar-refractivity contribution >= 4 is 44.1 Å². The number of nitrogens with two attached hydrogens (primary N) is 1. The third kappa shape index (κ3) is 2.75. The summed E-state index contributed by atoms with van der Waals surface area (Å²) in [5.74, 6) is -0.909. The standard InChI is InChI=1S/C15H11BrFN3O/c16-9-1-3-11(17)13(7-9)20-15(21)14-6-8-5-10(18)2-4-12(8)19-14/h1-7,19H,18H2,(H,20,21). The van der Waals surface area contributed by atoms with Crippen LogP contribution in [-0.4, -0.2) is 10.9 Å². The molecular formula is C15H11BrFN3O. The summed E-state index contributed by atoms with van der Waals surface area (Å²) < 4.78 is 14.3. The zero-order valence-electron chi connectivity index (χ0n) is 10.8. The van der Waals surface area contributed by atoms with E-state index in [4.69, 9.17) is 5.73 Å². The van der Waals surface area contributed by atoms with Gasteiger partial charge in [0.1, 0.15) is 11.5 Å². The highest BCUT2D eigenvalue weighted by Crippen LogP contribution is 2.22. The number of H-pyrrole nitrogens is 1. The summed E-state index contributed by atoms with van der Waals surface area (Å²) in [6.45, 7) is 0. The minimum absolute atomic E-state index is 0.118. The largest absolute Gasteiger partial charge is 0.399 e. The molecule has 21 heavy (non-hydrogen) atoms. The van der Waals surface area contributed by atoms with Crippen LogP contribution in [0.4, 0.5) is 15.8 Å². The number of anilines is 2. The molecule has 0 bridgehead atoms. The molecule has 0 fully saturated rings. The number of amides is 1. The van der Waals surface area contributed by atoms with Gasteiger partial charge in [-0.3, -0.25) is 4.79 Å². The fourth-order valence-electron chi connectivity index (χ4n) is 2.06. The lowest BCUT2D eigenvalue weighted by Gasteiger charge is -2.05. The van der Waals surface area contributed by atoms with Gasteiger partial charge in [0.05, 0.1) is 5.69 Å². The van der Waals surface area contributed by atoms with Crippen molar-refractivity contribution < 1.29 is 9.18 Å². The molecule has 0 atom stereocenters. The third-order valence-electron chi connectivity index (χ3n) is 3.07. The number of fused-ring (bicyclic) bond motifs is 1. The van der Waals surface area contributed by atoms with Crippen LogP contribution in [0.1, 0.15) is 10.5 Å². The van der Waals surface area contributed by atoms with E-state index in [0.717, 1.165) is 10.9 Å². The number of halogens is 2. The topological polar surface area (TPSA) is 70.9 Å². The van der Waals surface area contributed by atoms with Crippen LogP contribution in [0.2, 0.25) is 0 Å². The highest BCUT2D eigenvalue weighted by atomic mass is 79.9. The highest BCUT2D eigenvalue weighted by molar-refractivity contribution is 9.10. The smallest absolute Gasteiger partial charge is 0.272 e. The van der Waals surface area contributed by atoms with E-state index in [1.165, 1.54) is 12.1 Å². The molecule has 0 aliphatic rings. The molecule has 6 heteroatoms. The normalized spacial score (nSPS) is 10.8. The van der Waals surface area contributed by atoms with Crippen LogP contribution in [0.25, 0.3) is 10.9 Å². The van der Waals surface area contributed by atoms with Gasteiger partial charge in [0.2, 0.25) is 0 Å². The fourth-order valence-corrected chi connectivity index (χ4v) is 2.42. The van der Waals surface area contributed by atoms with Gasteiger partial charge >= 0.3 is 0 Å². The Labute approximate surface area is 128 Å². The molecule has 4 nitrogen and oxygen atoms in total. The van der Waals surface area contributed by atoms with Crippen LogP contribution in [0.15, 0.2) is 46.9 Å². The van der Waals surface area contributed by atoms with E-state index < -0.39 is 11.7 Å². The van der Waals surface area contributed by atoms with E-state index >= 15 is 0 Å².